The van der Waals surface area contributed by atoms with Crippen LogP contribution in [0.5, 0.6) is 5.75 Å². The highest BCUT2D eigenvalue weighted by Gasteiger charge is 2.30. The van der Waals surface area contributed by atoms with Crippen molar-refractivity contribution >= 4 is 27.3 Å². The predicted octanol–water partition coefficient (Wildman–Crippen LogP) is 5.33. The van der Waals surface area contributed by atoms with Crippen LogP contribution in [0.15, 0.2) is 53.1 Å². The molecule has 0 aliphatic carbocycles. The highest BCUT2D eigenvalue weighted by molar-refractivity contribution is 7.21. The smallest absolute Gasteiger partial charge is 0.264 e. The number of ether oxygens (including phenoxy) is 1. The van der Waals surface area contributed by atoms with Crippen LogP contribution < -0.4 is 4.74 Å². The molecule has 8 heteroatoms. The Hall–Kier alpha value is -3.26. The lowest BCUT2D eigenvalue weighted by molar-refractivity contribution is 0.0707. The lowest BCUT2D eigenvalue weighted by Gasteiger charge is -2.30. The molecule has 0 spiro atoms. The molecule has 0 bridgehead atoms. The van der Waals surface area contributed by atoms with Crippen LogP contribution in [-0.4, -0.2) is 34.0 Å². The van der Waals surface area contributed by atoms with Gasteiger partial charge in [0.1, 0.15) is 18.2 Å². The number of nitrogens with zero attached hydrogens (tertiary/aromatic N) is 3. The normalized spacial score (nSPS) is 14.8. The zero-order valence-electron chi connectivity index (χ0n) is 17.6. The van der Waals surface area contributed by atoms with Gasteiger partial charge in [0.2, 0.25) is 5.89 Å². The number of carbonyl (C=O) groups is 1. The molecule has 1 amide bonds. The van der Waals surface area contributed by atoms with Gasteiger partial charge in [-0.2, -0.15) is 4.98 Å². The molecule has 1 fully saturated rings. The fourth-order valence-corrected chi connectivity index (χ4v) is 5.29. The van der Waals surface area contributed by atoms with Crippen molar-refractivity contribution in [3.05, 3.63) is 76.5 Å². The average Bonchev–Trinajstić information content (AvgIpc) is 3.42. The van der Waals surface area contributed by atoms with Crippen molar-refractivity contribution in [1.29, 1.82) is 0 Å². The molecule has 0 N–H and O–H groups in total. The fourth-order valence-electron chi connectivity index (χ4n) is 4.10. The molecule has 1 aliphatic heterocycles. The van der Waals surface area contributed by atoms with Crippen molar-refractivity contribution in [2.45, 2.75) is 32.3 Å². The van der Waals surface area contributed by atoms with Crippen LogP contribution in [0.4, 0.5) is 4.39 Å². The van der Waals surface area contributed by atoms with Gasteiger partial charge in [-0.1, -0.05) is 29.4 Å². The molecular formula is C24H22FN3O3S. The molecule has 0 saturated carbocycles. The summed E-state index contributed by atoms with van der Waals surface area (Å²) in [5.41, 5.74) is 0.603. The Morgan fingerprint density at radius 3 is 2.69 bits per heavy atom. The molecule has 1 aliphatic rings. The monoisotopic (exact) mass is 451 g/mol. The third-order valence-corrected chi connectivity index (χ3v) is 6.94. The number of aryl methyl sites for hydroxylation is 1. The van der Waals surface area contributed by atoms with E-state index in [1.54, 1.807) is 13.0 Å². The van der Waals surface area contributed by atoms with Gasteiger partial charge in [-0.15, -0.1) is 11.3 Å². The van der Waals surface area contributed by atoms with E-state index in [1.165, 1.54) is 17.4 Å². The zero-order chi connectivity index (χ0) is 22.1. The number of benzene rings is 2. The average molecular weight is 452 g/mol. The first-order valence-electron chi connectivity index (χ1n) is 10.6. The number of piperidine rings is 1. The molecule has 0 atom stereocenters. The summed E-state index contributed by atoms with van der Waals surface area (Å²) in [6.07, 6.45) is 1.50. The first-order valence-corrected chi connectivity index (χ1v) is 11.4. The minimum Gasteiger partial charge on any atom is -0.489 e. The SMILES string of the molecule is Cc1noc(C2CCN(C(=O)c3sc4cccc(F)c4c3COc3ccccc3)CC2)n1. The van der Waals surface area contributed by atoms with Crippen LogP contribution in [0.1, 0.15) is 45.7 Å². The molecule has 1 saturated heterocycles. The van der Waals surface area contributed by atoms with Gasteiger partial charge in [-0.25, -0.2) is 4.39 Å². The summed E-state index contributed by atoms with van der Waals surface area (Å²) in [5.74, 6) is 1.66. The number of likely N-dealkylation sites (tertiary alicyclic amines) is 1. The van der Waals surface area contributed by atoms with Gasteiger partial charge in [-0.05, 0) is 44.0 Å². The lowest BCUT2D eigenvalue weighted by atomic mass is 9.96. The van der Waals surface area contributed by atoms with Gasteiger partial charge in [0.25, 0.3) is 5.91 Å². The molecule has 0 unspecified atom stereocenters. The molecule has 2 aromatic carbocycles. The van der Waals surface area contributed by atoms with E-state index in [0.29, 0.717) is 46.4 Å². The van der Waals surface area contributed by atoms with Crippen molar-refractivity contribution < 1.29 is 18.4 Å². The third kappa shape index (κ3) is 3.98. The highest BCUT2D eigenvalue weighted by atomic mass is 32.1. The highest BCUT2D eigenvalue weighted by Crippen LogP contribution is 2.36. The second kappa shape index (κ2) is 8.70. The molecule has 3 heterocycles. The summed E-state index contributed by atoms with van der Waals surface area (Å²) >= 11 is 1.32. The standard InChI is InChI=1S/C24H22FN3O3S/c1-15-26-23(31-27-15)16-10-12-28(13-11-16)24(29)22-18(14-30-17-6-3-2-4-7-17)21-19(25)8-5-9-20(21)32-22/h2-9,16H,10-14H2,1H3. The van der Waals surface area contributed by atoms with Gasteiger partial charge in [-0.3, -0.25) is 4.79 Å². The topological polar surface area (TPSA) is 68.5 Å². The van der Waals surface area contributed by atoms with Crippen LogP contribution in [0.2, 0.25) is 0 Å². The van der Waals surface area contributed by atoms with E-state index >= 15 is 0 Å². The second-order valence-corrected chi connectivity index (χ2v) is 8.92. The lowest BCUT2D eigenvalue weighted by Crippen LogP contribution is -2.38. The molecule has 32 heavy (non-hydrogen) atoms. The number of amides is 1. The van der Waals surface area contributed by atoms with Crippen LogP contribution in [0.3, 0.4) is 0 Å². The number of para-hydroxylation sites is 1. The largest absolute Gasteiger partial charge is 0.489 e. The van der Waals surface area contributed by atoms with Gasteiger partial charge in [0, 0.05) is 34.7 Å². The van der Waals surface area contributed by atoms with Crippen LogP contribution in [-0.2, 0) is 6.61 Å². The Labute approximate surface area is 188 Å². The summed E-state index contributed by atoms with van der Waals surface area (Å²) in [6, 6.07) is 14.3. The van der Waals surface area contributed by atoms with Gasteiger partial charge in [0.15, 0.2) is 5.82 Å². The fraction of sp³-hybridized carbons (Fsp3) is 0.292. The van der Waals surface area contributed by atoms with Gasteiger partial charge in [0.05, 0.1) is 4.88 Å². The zero-order valence-corrected chi connectivity index (χ0v) is 18.4. The third-order valence-electron chi connectivity index (χ3n) is 5.76. The molecule has 0 radical (unpaired) electrons. The molecule has 2 aromatic heterocycles. The van der Waals surface area contributed by atoms with E-state index < -0.39 is 0 Å². The van der Waals surface area contributed by atoms with E-state index in [4.69, 9.17) is 9.26 Å². The summed E-state index contributed by atoms with van der Waals surface area (Å²) in [4.78, 5) is 20.2. The maximum atomic E-state index is 14.7. The van der Waals surface area contributed by atoms with E-state index in [1.807, 2.05) is 41.3 Å². The van der Waals surface area contributed by atoms with Gasteiger partial charge >= 0.3 is 0 Å². The number of hydrogen-bond acceptors (Lipinski definition) is 6. The van der Waals surface area contributed by atoms with E-state index in [0.717, 1.165) is 17.5 Å². The number of thiophene rings is 1. The molecular weight excluding hydrogens is 429 g/mol. The van der Waals surface area contributed by atoms with Crippen molar-refractivity contribution in [1.82, 2.24) is 15.0 Å². The Kier molecular flexibility index (Phi) is 5.61. The number of halogens is 1. The Morgan fingerprint density at radius 2 is 1.97 bits per heavy atom. The van der Waals surface area contributed by atoms with Crippen molar-refractivity contribution in [3.8, 4) is 5.75 Å². The quantitative estimate of drug-likeness (QED) is 0.410. The van der Waals surface area contributed by atoms with E-state index in [-0.39, 0.29) is 24.2 Å². The summed E-state index contributed by atoms with van der Waals surface area (Å²) in [7, 11) is 0. The number of hydrogen-bond donors (Lipinski definition) is 0. The van der Waals surface area contributed by atoms with Crippen molar-refractivity contribution in [2.75, 3.05) is 13.1 Å². The number of fused-ring (bicyclic) bond motifs is 1. The van der Waals surface area contributed by atoms with E-state index in [2.05, 4.69) is 10.1 Å². The molecule has 164 valence electrons. The number of aromatic nitrogens is 2. The summed E-state index contributed by atoms with van der Waals surface area (Å²) in [5, 5.41) is 4.33. The van der Waals surface area contributed by atoms with Crippen molar-refractivity contribution in [2.24, 2.45) is 0 Å². The second-order valence-electron chi connectivity index (χ2n) is 7.87. The number of carbonyl (C=O) groups excluding carboxylic acids is 1. The van der Waals surface area contributed by atoms with Crippen molar-refractivity contribution in [3.63, 3.8) is 0 Å². The van der Waals surface area contributed by atoms with Crippen LogP contribution >= 0.6 is 11.3 Å². The maximum absolute atomic E-state index is 14.7. The Bertz CT molecular complexity index is 1250. The first-order chi connectivity index (χ1) is 15.6. The maximum Gasteiger partial charge on any atom is 0.264 e. The number of rotatable bonds is 5. The van der Waals surface area contributed by atoms with E-state index in [9.17, 15) is 9.18 Å². The van der Waals surface area contributed by atoms with Gasteiger partial charge < -0.3 is 14.2 Å². The first kappa shape index (κ1) is 20.6. The van der Waals surface area contributed by atoms with Crippen LogP contribution in [0, 0.1) is 12.7 Å². The minimum absolute atomic E-state index is 0.0857. The van der Waals surface area contributed by atoms with Crippen LogP contribution in [0.25, 0.3) is 10.1 Å². The molecule has 4 aromatic rings. The Morgan fingerprint density at radius 1 is 1.19 bits per heavy atom. The summed E-state index contributed by atoms with van der Waals surface area (Å²) < 4.78 is 26.7. The molecule has 5 rings (SSSR count). The predicted molar refractivity (Wildman–Crippen MR) is 119 cm³/mol. The molecule has 6 nitrogen and oxygen atoms in total. The minimum atomic E-state index is -0.338. The Balaban J connectivity index is 1.39. The summed E-state index contributed by atoms with van der Waals surface area (Å²) in [6.45, 7) is 3.09.